The van der Waals surface area contributed by atoms with E-state index >= 15 is 0 Å². The predicted molar refractivity (Wildman–Crippen MR) is 89.2 cm³/mol. The van der Waals surface area contributed by atoms with E-state index in [1.54, 1.807) is 13.0 Å². The lowest BCUT2D eigenvalue weighted by molar-refractivity contribution is -0.125. The van der Waals surface area contributed by atoms with Crippen molar-refractivity contribution in [2.45, 2.75) is 30.6 Å². The molecule has 1 aromatic carbocycles. The van der Waals surface area contributed by atoms with Crippen LogP contribution in [0.15, 0.2) is 24.3 Å². The molecule has 1 saturated heterocycles. The Labute approximate surface area is 141 Å². The van der Waals surface area contributed by atoms with Gasteiger partial charge in [0, 0.05) is 12.3 Å². The molecule has 1 aromatic rings. The maximum absolute atomic E-state index is 13.1. The number of sulfone groups is 1. The van der Waals surface area contributed by atoms with E-state index in [4.69, 9.17) is 4.74 Å². The summed E-state index contributed by atoms with van der Waals surface area (Å²) >= 11 is 0. The van der Waals surface area contributed by atoms with Gasteiger partial charge in [0.1, 0.15) is 18.2 Å². The van der Waals surface area contributed by atoms with Crippen molar-refractivity contribution in [3.63, 3.8) is 0 Å². The molecule has 0 aliphatic carbocycles. The highest BCUT2D eigenvalue weighted by molar-refractivity contribution is 7.92. The molecule has 1 aliphatic rings. The zero-order chi connectivity index (χ0) is 17.8. The molecule has 0 spiro atoms. The molecule has 8 heteroatoms. The van der Waals surface area contributed by atoms with Crippen molar-refractivity contribution in [3.8, 4) is 5.75 Å². The Bertz CT molecular complexity index is 687. The Morgan fingerprint density at radius 1 is 1.42 bits per heavy atom. The van der Waals surface area contributed by atoms with E-state index in [9.17, 15) is 17.6 Å². The summed E-state index contributed by atoms with van der Waals surface area (Å²) in [6, 6.07) is 5.29. The van der Waals surface area contributed by atoms with Crippen LogP contribution in [-0.2, 0) is 14.6 Å². The number of nitrogens with one attached hydrogen (secondary N) is 2. The summed E-state index contributed by atoms with van der Waals surface area (Å²) < 4.78 is 41.5. The molecule has 134 valence electrons. The van der Waals surface area contributed by atoms with Crippen LogP contribution in [0, 0.1) is 5.82 Å². The van der Waals surface area contributed by atoms with Crippen LogP contribution in [0.5, 0.6) is 5.75 Å². The molecular formula is C16H23FN2O4S. The van der Waals surface area contributed by atoms with Crippen LogP contribution in [0.25, 0.3) is 0 Å². The molecule has 2 rings (SSSR count). The van der Waals surface area contributed by atoms with Gasteiger partial charge in [-0.25, -0.2) is 12.8 Å². The molecule has 1 fully saturated rings. The lowest BCUT2D eigenvalue weighted by Gasteiger charge is -2.35. The number of benzene rings is 1. The zero-order valence-corrected chi connectivity index (χ0v) is 14.7. The number of amides is 1. The fourth-order valence-electron chi connectivity index (χ4n) is 2.77. The van der Waals surface area contributed by atoms with Crippen molar-refractivity contribution in [3.05, 3.63) is 30.1 Å². The number of carbonyl (C=O) groups excluding carboxylic acids is 1. The van der Waals surface area contributed by atoms with Crippen LogP contribution in [0.1, 0.15) is 19.8 Å². The molecule has 0 saturated carbocycles. The van der Waals surface area contributed by atoms with Gasteiger partial charge >= 0.3 is 0 Å². The van der Waals surface area contributed by atoms with Crippen LogP contribution in [0.4, 0.5) is 4.39 Å². The lowest BCUT2D eigenvalue weighted by Crippen LogP contribution is -2.59. The molecule has 1 amide bonds. The Morgan fingerprint density at radius 2 is 2.08 bits per heavy atom. The van der Waals surface area contributed by atoms with Crippen LogP contribution in [0.3, 0.4) is 0 Å². The van der Waals surface area contributed by atoms with E-state index in [1.807, 2.05) is 0 Å². The second-order valence-corrected chi connectivity index (χ2v) is 8.49. The molecule has 1 atom stereocenters. The minimum absolute atomic E-state index is 0.118. The third-order valence-electron chi connectivity index (χ3n) is 4.21. The first kappa shape index (κ1) is 18.7. The van der Waals surface area contributed by atoms with Gasteiger partial charge in [0.05, 0.1) is 6.04 Å². The minimum Gasteiger partial charge on any atom is -0.491 e. The highest BCUT2D eigenvalue weighted by Gasteiger charge is 2.48. The first-order chi connectivity index (χ1) is 11.2. The third kappa shape index (κ3) is 4.24. The number of hydrogen-bond donors (Lipinski definition) is 2. The SMILES string of the molecule is CC(COc1cccc(F)c1)NC(=O)C1(S(C)(=O)=O)CCNCC1. The number of rotatable bonds is 6. The van der Waals surface area contributed by atoms with Gasteiger partial charge in [-0.1, -0.05) is 6.07 Å². The summed E-state index contributed by atoms with van der Waals surface area (Å²) in [7, 11) is -3.55. The Hall–Kier alpha value is -1.67. The van der Waals surface area contributed by atoms with Gasteiger partial charge in [-0.05, 0) is 45.0 Å². The Kier molecular flexibility index (Phi) is 5.82. The fourth-order valence-corrected chi connectivity index (χ4v) is 4.11. The van der Waals surface area contributed by atoms with Crippen LogP contribution in [-0.4, -0.2) is 51.1 Å². The normalized spacial score (nSPS) is 18.6. The van der Waals surface area contributed by atoms with E-state index < -0.39 is 32.4 Å². The van der Waals surface area contributed by atoms with Crippen molar-refractivity contribution < 1.29 is 22.3 Å². The first-order valence-electron chi connectivity index (χ1n) is 7.84. The summed E-state index contributed by atoms with van der Waals surface area (Å²) in [6.07, 6.45) is 1.59. The smallest absolute Gasteiger partial charge is 0.241 e. The Morgan fingerprint density at radius 3 is 2.67 bits per heavy atom. The molecule has 1 unspecified atom stereocenters. The van der Waals surface area contributed by atoms with Crippen molar-refractivity contribution in [1.82, 2.24) is 10.6 Å². The number of ether oxygens (including phenoxy) is 1. The summed E-state index contributed by atoms with van der Waals surface area (Å²) in [5, 5.41) is 5.78. The van der Waals surface area contributed by atoms with Gasteiger partial charge < -0.3 is 15.4 Å². The largest absolute Gasteiger partial charge is 0.491 e. The van der Waals surface area contributed by atoms with Crippen LogP contribution < -0.4 is 15.4 Å². The summed E-state index contributed by atoms with van der Waals surface area (Å²) in [5.41, 5.74) is 0. The second kappa shape index (κ2) is 7.48. The number of halogens is 1. The molecule has 1 aliphatic heterocycles. The molecule has 0 bridgehead atoms. The number of piperidine rings is 1. The first-order valence-corrected chi connectivity index (χ1v) is 9.73. The van der Waals surface area contributed by atoms with E-state index in [0.29, 0.717) is 18.8 Å². The topological polar surface area (TPSA) is 84.5 Å². The van der Waals surface area contributed by atoms with Crippen molar-refractivity contribution in [1.29, 1.82) is 0 Å². The maximum Gasteiger partial charge on any atom is 0.241 e. The number of carbonyl (C=O) groups is 1. The average Bonchev–Trinajstić information content (AvgIpc) is 2.52. The van der Waals surface area contributed by atoms with Crippen molar-refractivity contribution >= 4 is 15.7 Å². The van der Waals surface area contributed by atoms with E-state index in [1.165, 1.54) is 18.2 Å². The molecular weight excluding hydrogens is 335 g/mol. The average molecular weight is 358 g/mol. The van der Waals surface area contributed by atoms with Gasteiger partial charge in [0.15, 0.2) is 14.6 Å². The minimum atomic E-state index is -3.55. The molecule has 0 aromatic heterocycles. The van der Waals surface area contributed by atoms with E-state index in [2.05, 4.69) is 10.6 Å². The van der Waals surface area contributed by atoms with Gasteiger partial charge in [0.25, 0.3) is 0 Å². The highest BCUT2D eigenvalue weighted by atomic mass is 32.2. The predicted octanol–water partition coefficient (Wildman–Crippen LogP) is 0.876. The molecule has 6 nitrogen and oxygen atoms in total. The summed E-state index contributed by atoms with van der Waals surface area (Å²) in [5.74, 6) is -0.549. The van der Waals surface area contributed by atoms with Gasteiger partial charge in [-0.15, -0.1) is 0 Å². The number of hydrogen-bond acceptors (Lipinski definition) is 5. The van der Waals surface area contributed by atoms with Crippen LogP contribution >= 0.6 is 0 Å². The quantitative estimate of drug-likeness (QED) is 0.788. The Balaban J connectivity index is 1.99. The fraction of sp³-hybridized carbons (Fsp3) is 0.562. The lowest BCUT2D eigenvalue weighted by atomic mass is 9.95. The summed E-state index contributed by atoms with van der Waals surface area (Å²) in [4.78, 5) is 12.6. The van der Waals surface area contributed by atoms with Gasteiger partial charge in [-0.3, -0.25) is 4.79 Å². The standard InChI is InChI=1S/C16H23FN2O4S/c1-12(11-23-14-5-3-4-13(17)10-14)19-15(20)16(24(2,21)22)6-8-18-9-7-16/h3-5,10,12,18H,6-9,11H2,1-2H3,(H,19,20). The van der Waals surface area contributed by atoms with Gasteiger partial charge in [0.2, 0.25) is 5.91 Å². The van der Waals surface area contributed by atoms with Gasteiger partial charge in [-0.2, -0.15) is 0 Å². The molecule has 0 radical (unpaired) electrons. The van der Waals surface area contributed by atoms with Crippen molar-refractivity contribution in [2.24, 2.45) is 0 Å². The maximum atomic E-state index is 13.1. The monoisotopic (exact) mass is 358 g/mol. The van der Waals surface area contributed by atoms with E-state index in [-0.39, 0.29) is 19.4 Å². The van der Waals surface area contributed by atoms with Crippen LogP contribution in [0.2, 0.25) is 0 Å². The summed E-state index contributed by atoms with van der Waals surface area (Å²) in [6.45, 7) is 2.80. The zero-order valence-electron chi connectivity index (χ0n) is 13.8. The molecule has 2 N–H and O–H groups in total. The second-order valence-electron chi connectivity index (χ2n) is 6.16. The molecule has 1 heterocycles. The molecule has 24 heavy (non-hydrogen) atoms. The van der Waals surface area contributed by atoms with Crippen molar-refractivity contribution in [2.75, 3.05) is 26.0 Å². The van der Waals surface area contributed by atoms with E-state index in [0.717, 1.165) is 6.26 Å². The third-order valence-corrected chi connectivity index (χ3v) is 6.22. The highest BCUT2D eigenvalue weighted by Crippen LogP contribution is 2.28.